The molecule has 1 fully saturated rings. The molecule has 0 aromatic carbocycles. The number of H-pyrrole nitrogens is 1. The number of ether oxygens (including phenoxy) is 1. The third kappa shape index (κ3) is 3.35. The topological polar surface area (TPSA) is 85.7 Å². The molecule has 0 atom stereocenters. The lowest BCUT2D eigenvalue weighted by Crippen LogP contribution is -2.17. The van der Waals surface area contributed by atoms with Crippen molar-refractivity contribution in [3.05, 3.63) is 57.6 Å². The highest BCUT2D eigenvalue weighted by Gasteiger charge is 2.22. The van der Waals surface area contributed by atoms with Gasteiger partial charge in [-0.05, 0) is 38.0 Å². The Kier molecular flexibility index (Phi) is 4.46. The molecule has 0 amide bonds. The Bertz CT molecular complexity index is 991. The molecule has 1 saturated carbocycles. The monoisotopic (exact) mass is 371 g/mol. The average molecular weight is 372 g/mol. The van der Waals surface area contributed by atoms with Crippen molar-refractivity contribution in [3.8, 4) is 17.3 Å². The lowest BCUT2D eigenvalue weighted by Gasteiger charge is -2.09. The van der Waals surface area contributed by atoms with Crippen LogP contribution in [0.25, 0.3) is 5.82 Å². The Morgan fingerprint density at radius 3 is 2.81 bits per heavy atom. The molecule has 0 saturated heterocycles. The fourth-order valence-corrected chi connectivity index (χ4v) is 3.38. The molecular formula is C18H18ClN5O2. The molecule has 3 aromatic rings. The first kappa shape index (κ1) is 16.8. The zero-order valence-corrected chi connectivity index (χ0v) is 15.0. The minimum Gasteiger partial charge on any atom is -0.455 e. The SMILES string of the molecule is Cc1nc(-n2nc(C3CCCC3)[nH]c2=O)ccc1Oc1ccnc(Cl)c1. The van der Waals surface area contributed by atoms with E-state index in [0.717, 1.165) is 18.7 Å². The van der Waals surface area contributed by atoms with Crippen LogP contribution in [0, 0.1) is 6.92 Å². The predicted octanol–water partition coefficient (Wildman–Crippen LogP) is 3.76. The van der Waals surface area contributed by atoms with Crippen LogP contribution in [0.4, 0.5) is 0 Å². The van der Waals surface area contributed by atoms with E-state index in [0.29, 0.717) is 34.1 Å². The van der Waals surface area contributed by atoms with E-state index in [1.54, 1.807) is 30.5 Å². The van der Waals surface area contributed by atoms with Crippen LogP contribution in [-0.2, 0) is 0 Å². The molecule has 1 N–H and O–H groups in total. The summed E-state index contributed by atoms with van der Waals surface area (Å²) < 4.78 is 7.11. The number of aromatic nitrogens is 5. The van der Waals surface area contributed by atoms with Crippen LogP contribution in [0.2, 0.25) is 5.15 Å². The summed E-state index contributed by atoms with van der Waals surface area (Å²) in [4.78, 5) is 23.5. The predicted molar refractivity (Wildman–Crippen MR) is 97.2 cm³/mol. The smallest absolute Gasteiger partial charge is 0.349 e. The Labute approximate surface area is 155 Å². The number of aryl methyl sites for hydroxylation is 1. The van der Waals surface area contributed by atoms with Crippen LogP contribution in [0.1, 0.15) is 43.1 Å². The van der Waals surface area contributed by atoms with Gasteiger partial charge in [-0.1, -0.05) is 24.4 Å². The Morgan fingerprint density at radius 2 is 2.08 bits per heavy atom. The van der Waals surface area contributed by atoms with E-state index in [4.69, 9.17) is 16.3 Å². The number of halogens is 1. The summed E-state index contributed by atoms with van der Waals surface area (Å²) in [5, 5.41) is 4.80. The van der Waals surface area contributed by atoms with Crippen LogP contribution in [0.5, 0.6) is 11.5 Å². The molecule has 134 valence electrons. The fourth-order valence-electron chi connectivity index (χ4n) is 3.21. The van der Waals surface area contributed by atoms with Gasteiger partial charge in [-0.2, -0.15) is 4.68 Å². The zero-order valence-electron chi connectivity index (χ0n) is 14.3. The maximum atomic E-state index is 12.3. The number of pyridine rings is 2. The number of hydrogen-bond acceptors (Lipinski definition) is 5. The number of nitrogens with one attached hydrogen (secondary N) is 1. The summed E-state index contributed by atoms with van der Waals surface area (Å²) >= 11 is 5.87. The molecule has 0 spiro atoms. The number of nitrogens with zero attached hydrogens (tertiary/aromatic N) is 4. The van der Waals surface area contributed by atoms with Crippen molar-refractivity contribution in [3.63, 3.8) is 0 Å². The summed E-state index contributed by atoms with van der Waals surface area (Å²) in [6.07, 6.45) is 6.08. The highest BCUT2D eigenvalue weighted by atomic mass is 35.5. The molecular weight excluding hydrogens is 354 g/mol. The third-order valence-corrected chi connectivity index (χ3v) is 4.75. The Morgan fingerprint density at radius 1 is 1.27 bits per heavy atom. The molecule has 3 heterocycles. The van der Waals surface area contributed by atoms with E-state index < -0.39 is 0 Å². The van der Waals surface area contributed by atoms with Crippen molar-refractivity contribution < 1.29 is 4.74 Å². The van der Waals surface area contributed by atoms with Gasteiger partial charge in [0.1, 0.15) is 22.5 Å². The molecule has 0 aliphatic heterocycles. The number of rotatable bonds is 4. The Hall–Kier alpha value is -2.67. The van der Waals surface area contributed by atoms with Gasteiger partial charge >= 0.3 is 5.69 Å². The first-order chi connectivity index (χ1) is 12.6. The van der Waals surface area contributed by atoms with Crippen LogP contribution >= 0.6 is 11.6 Å². The number of aromatic amines is 1. The molecule has 3 aromatic heterocycles. The summed E-state index contributed by atoms with van der Waals surface area (Å²) in [5.74, 6) is 2.70. The van der Waals surface area contributed by atoms with E-state index in [2.05, 4.69) is 20.1 Å². The van der Waals surface area contributed by atoms with Gasteiger partial charge in [0.25, 0.3) is 0 Å². The van der Waals surface area contributed by atoms with E-state index in [1.165, 1.54) is 17.5 Å². The highest BCUT2D eigenvalue weighted by molar-refractivity contribution is 6.29. The van der Waals surface area contributed by atoms with Gasteiger partial charge in [0.15, 0.2) is 5.82 Å². The van der Waals surface area contributed by atoms with Gasteiger partial charge in [-0.25, -0.2) is 14.8 Å². The minimum atomic E-state index is -0.270. The van der Waals surface area contributed by atoms with Crippen molar-refractivity contribution in [1.82, 2.24) is 24.7 Å². The van der Waals surface area contributed by atoms with Crippen LogP contribution in [0.15, 0.2) is 35.3 Å². The van der Waals surface area contributed by atoms with Gasteiger partial charge in [-0.3, -0.25) is 4.98 Å². The molecule has 0 radical (unpaired) electrons. The minimum absolute atomic E-state index is 0.270. The standard InChI is InChI=1S/C18H18ClN5O2/c1-11-14(26-13-8-9-20-15(19)10-13)6-7-16(21-11)24-18(25)22-17(23-24)12-4-2-3-5-12/h6-10,12H,2-5H2,1H3,(H,22,23,25). The quantitative estimate of drug-likeness (QED) is 0.705. The van der Waals surface area contributed by atoms with Crippen molar-refractivity contribution in [2.75, 3.05) is 0 Å². The summed E-state index contributed by atoms with van der Waals surface area (Å²) in [5.41, 5.74) is 0.376. The van der Waals surface area contributed by atoms with Gasteiger partial charge in [0.05, 0.1) is 5.69 Å². The summed E-state index contributed by atoms with van der Waals surface area (Å²) in [6, 6.07) is 6.82. The maximum absolute atomic E-state index is 12.3. The van der Waals surface area contributed by atoms with E-state index in [1.807, 2.05) is 6.92 Å². The third-order valence-electron chi connectivity index (χ3n) is 4.54. The second kappa shape index (κ2) is 6.92. The normalized spacial score (nSPS) is 14.7. The van der Waals surface area contributed by atoms with Crippen molar-refractivity contribution in [1.29, 1.82) is 0 Å². The lowest BCUT2D eigenvalue weighted by atomic mass is 10.1. The second-order valence-corrected chi connectivity index (χ2v) is 6.77. The molecule has 4 rings (SSSR count). The van der Waals surface area contributed by atoms with E-state index in [-0.39, 0.29) is 5.69 Å². The highest BCUT2D eigenvalue weighted by Crippen LogP contribution is 2.31. The summed E-state index contributed by atoms with van der Waals surface area (Å²) in [6.45, 7) is 1.82. The molecule has 7 nitrogen and oxygen atoms in total. The number of hydrogen-bond donors (Lipinski definition) is 1. The molecule has 0 bridgehead atoms. The molecule has 1 aliphatic rings. The average Bonchev–Trinajstić information content (AvgIpc) is 3.26. The maximum Gasteiger partial charge on any atom is 0.349 e. The lowest BCUT2D eigenvalue weighted by molar-refractivity contribution is 0.474. The van der Waals surface area contributed by atoms with Crippen LogP contribution in [0.3, 0.4) is 0 Å². The van der Waals surface area contributed by atoms with Crippen molar-refractivity contribution >= 4 is 11.6 Å². The second-order valence-electron chi connectivity index (χ2n) is 6.38. The Balaban J connectivity index is 1.61. The van der Waals surface area contributed by atoms with Crippen molar-refractivity contribution in [2.45, 2.75) is 38.5 Å². The van der Waals surface area contributed by atoms with Gasteiger partial charge in [0.2, 0.25) is 0 Å². The van der Waals surface area contributed by atoms with Gasteiger partial charge < -0.3 is 4.74 Å². The van der Waals surface area contributed by atoms with Gasteiger partial charge in [0, 0.05) is 18.2 Å². The first-order valence-electron chi connectivity index (χ1n) is 8.57. The van der Waals surface area contributed by atoms with E-state index >= 15 is 0 Å². The van der Waals surface area contributed by atoms with Crippen molar-refractivity contribution in [2.24, 2.45) is 0 Å². The first-order valence-corrected chi connectivity index (χ1v) is 8.94. The largest absolute Gasteiger partial charge is 0.455 e. The van der Waals surface area contributed by atoms with Crippen LogP contribution in [-0.4, -0.2) is 24.7 Å². The molecule has 8 heteroatoms. The summed E-state index contributed by atoms with van der Waals surface area (Å²) in [7, 11) is 0. The fraction of sp³-hybridized carbons (Fsp3) is 0.333. The van der Waals surface area contributed by atoms with Gasteiger partial charge in [-0.15, -0.1) is 5.10 Å². The zero-order chi connectivity index (χ0) is 18.1. The molecule has 0 unspecified atom stereocenters. The molecule has 1 aliphatic carbocycles. The van der Waals surface area contributed by atoms with E-state index in [9.17, 15) is 4.79 Å². The van der Waals surface area contributed by atoms with Crippen LogP contribution < -0.4 is 10.4 Å². The molecule has 26 heavy (non-hydrogen) atoms.